The Kier molecular flexibility index (Phi) is 13.3. The lowest BCUT2D eigenvalue weighted by molar-refractivity contribution is 0.312. The fourth-order valence-electron chi connectivity index (χ4n) is 7.56. The molecule has 0 saturated carbocycles. The van der Waals surface area contributed by atoms with Crippen LogP contribution in [0.4, 0.5) is 0 Å². The van der Waals surface area contributed by atoms with E-state index in [9.17, 15) is 0 Å². The van der Waals surface area contributed by atoms with Gasteiger partial charge in [0.2, 0.25) is 0 Å². The molecule has 0 saturated heterocycles. The van der Waals surface area contributed by atoms with E-state index in [1.54, 1.807) is 45.3 Å². The van der Waals surface area contributed by atoms with Gasteiger partial charge in [0, 0.05) is 53.8 Å². The summed E-state index contributed by atoms with van der Waals surface area (Å²) in [6.45, 7) is 11.5. The van der Waals surface area contributed by atoms with E-state index in [1.165, 1.54) is 0 Å². The van der Waals surface area contributed by atoms with Gasteiger partial charge in [0.1, 0.15) is 23.0 Å². The molecule has 0 aliphatic heterocycles. The first-order chi connectivity index (χ1) is 30.6. The van der Waals surface area contributed by atoms with Crippen molar-refractivity contribution in [3.05, 3.63) is 88.3 Å². The molecule has 0 radical (unpaired) electrons. The molecular formula is C51H51N3O4S4. The maximum absolute atomic E-state index is 6.54. The average molecular weight is 898 g/mol. The van der Waals surface area contributed by atoms with Gasteiger partial charge in [-0.2, -0.15) is 22.7 Å². The highest BCUT2D eigenvalue weighted by Crippen LogP contribution is 2.51. The number of pyridine rings is 3. The minimum Gasteiger partial charge on any atom is -0.492 e. The second-order valence-electron chi connectivity index (χ2n) is 15.5. The van der Waals surface area contributed by atoms with Gasteiger partial charge in [0.05, 0.1) is 79.7 Å². The lowest BCUT2D eigenvalue weighted by Crippen LogP contribution is -2.00. The summed E-state index contributed by atoms with van der Waals surface area (Å²) >= 11 is 6.82. The zero-order valence-corrected chi connectivity index (χ0v) is 39.0. The van der Waals surface area contributed by atoms with Crippen LogP contribution in [0.1, 0.15) is 79.1 Å². The van der Waals surface area contributed by atoms with Gasteiger partial charge in [0.25, 0.3) is 0 Å². The monoisotopic (exact) mass is 897 g/mol. The van der Waals surface area contributed by atoms with Gasteiger partial charge in [-0.3, -0.25) is 0 Å². The Bertz CT molecular complexity index is 2640. The van der Waals surface area contributed by atoms with Crippen LogP contribution >= 0.6 is 45.3 Å². The van der Waals surface area contributed by atoms with Crippen molar-refractivity contribution in [2.75, 3.05) is 26.4 Å². The van der Waals surface area contributed by atoms with Gasteiger partial charge >= 0.3 is 0 Å². The number of fused-ring (bicyclic) bond motifs is 4. The van der Waals surface area contributed by atoms with Crippen molar-refractivity contribution in [3.8, 4) is 66.9 Å². The number of hydrogen-bond acceptors (Lipinski definition) is 11. The van der Waals surface area contributed by atoms with Crippen LogP contribution < -0.4 is 18.9 Å². The van der Waals surface area contributed by atoms with Crippen LogP contribution in [0.25, 0.3) is 85.6 Å². The molecule has 62 heavy (non-hydrogen) atoms. The Morgan fingerprint density at radius 3 is 1.05 bits per heavy atom. The van der Waals surface area contributed by atoms with E-state index in [1.807, 2.05) is 30.3 Å². The van der Waals surface area contributed by atoms with Gasteiger partial charge in [-0.1, -0.05) is 71.6 Å². The van der Waals surface area contributed by atoms with Crippen LogP contribution in [0.3, 0.4) is 0 Å². The van der Waals surface area contributed by atoms with Crippen molar-refractivity contribution in [2.24, 2.45) is 0 Å². The van der Waals surface area contributed by atoms with Gasteiger partial charge in [-0.25, -0.2) is 15.0 Å². The van der Waals surface area contributed by atoms with Crippen molar-refractivity contribution >= 4 is 87.1 Å². The number of ether oxygens (including phenoxy) is 4. The molecule has 9 aromatic rings. The largest absolute Gasteiger partial charge is 0.492 e. The summed E-state index contributed by atoms with van der Waals surface area (Å²) in [5.74, 6) is 3.77. The molecule has 318 valence electrons. The van der Waals surface area contributed by atoms with Crippen LogP contribution in [0.2, 0.25) is 0 Å². The number of thiophene rings is 4. The van der Waals surface area contributed by atoms with Gasteiger partial charge < -0.3 is 18.9 Å². The van der Waals surface area contributed by atoms with Crippen molar-refractivity contribution in [3.63, 3.8) is 0 Å². The molecule has 11 heteroatoms. The number of unbranched alkanes of at least 4 members (excludes halogenated alkanes) is 4. The lowest BCUT2D eigenvalue weighted by Gasteiger charge is -2.13. The predicted octanol–water partition coefficient (Wildman–Crippen LogP) is 16.1. The summed E-state index contributed by atoms with van der Waals surface area (Å²) in [6, 6.07) is 22.9. The quantitative estimate of drug-likeness (QED) is 0.0705. The summed E-state index contributed by atoms with van der Waals surface area (Å²) in [7, 11) is 0. The summed E-state index contributed by atoms with van der Waals surface area (Å²) in [5.41, 5.74) is 4.95. The van der Waals surface area contributed by atoms with Crippen LogP contribution in [0.5, 0.6) is 23.0 Å². The summed E-state index contributed by atoms with van der Waals surface area (Å²) in [5, 5.41) is 15.4. The molecule has 0 N–H and O–H groups in total. The zero-order chi connectivity index (χ0) is 42.4. The lowest BCUT2D eigenvalue weighted by atomic mass is 10.1. The Morgan fingerprint density at radius 1 is 0.387 bits per heavy atom. The number of aromatic nitrogens is 3. The van der Waals surface area contributed by atoms with E-state index in [2.05, 4.69) is 85.6 Å². The second kappa shape index (κ2) is 19.5. The van der Waals surface area contributed by atoms with Crippen LogP contribution in [-0.4, -0.2) is 41.4 Å². The van der Waals surface area contributed by atoms with E-state index < -0.39 is 0 Å². The molecule has 7 nitrogen and oxygen atoms in total. The highest BCUT2D eigenvalue weighted by Gasteiger charge is 2.23. The van der Waals surface area contributed by atoms with E-state index in [4.69, 9.17) is 33.9 Å². The summed E-state index contributed by atoms with van der Waals surface area (Å²) < 4.78 is 28.3. The van der Waals surface area contributed by atoms with Gasteiger partial charge in [0.15, 0.2) is 0 Å². The minimum absolute atomic E-state index is 0.679. The molecule has 7 aromatic heterocycles. The fourth-order valence-corrected chi connectivity index (χ4v) is 11.5. The Hall–Kier alpha value is -5.07. The molecule has 0 aliphatic carbocycles. The fraction of sp³-hybridized carbons (Fsp3) is 0.314. The minimum atomic E-state index is 0.679. The smallest absolute Gasteiger partial charge is 0.146 e. The van der Waals surface area contributed by atoms with E-state index in [0.29, 0.717) is 26.4 Å². The molecule has 0 bridgehead atoms. The molecular weight excluding hydrogens is 847 g/mol. The van der Waals surface area contributed by atoms with Gasteiger partial charge in [-0.05, 0) is 74.2 Å². The van der Waals surface area contributed by atoms with E-state index >= 15 is 0 Å². The van der Waals surface area contributed by atoms with E-state index in [-0.39, 0.29) is 0 Å². The van der Waals surface area contributed by atoms with Crippen LogP contribution in [-0.2, 0) is 0 Å². The second-order valence-corrected chi connectivity index (χ2v) is 19.0. The molecule has 0 amide bonds. The number of rotatable bonds is 20. The first-order valence-electron chi connectivity index (χ1n) is 21.9. The highest BCUT2D eigenvalue weighted by molar-refractivity contribution is 7.23. The zero-order valence-electron chi connectivity index (χ0n) is 35.8. The Balaban J connectivity index is 1.06. The molecule has 0 unspecified atom stereocenters. The standard InChI is InChI=1S/C51H51N3O4S4/c1-5-9-22-55-46-32-26-44(61-50(32)48(57-24-11-7-3)36-30-59-28-34(36)46)42-20-14-18-40(53-42)38-16-13-17-39(52-38)41-19-15-21-43(54-41)45-27-33-47(56-23-10-6-2)35-29-60-31-37(35)49(51(33)62-45)58-25-12-8-4/h13-21,26-31H,5-12,22-25H2,1-4H3. The average Bonchev–Trinajstić information content (AvgIpc) is 4.15. The van der Waals surface area contributed by atoms with Crippen molar-refractivity contribution in [2.45, 2.75) is 79.1 Å². The third-order valence-electron chi connectivity index (χ3n) is 10.9. The third-order valence-corrected chi connectivity index (χ3v) is 14.7. The summed E-state index contributed by atoms with van der Waals surface area (Å²) in [6.07, 6.45) is 8.32. The maximum atomic E-state index is 6.54. The van der Waals surface area contributed by atoms with Crippen LogP contribution in [0.15, 0.2) is 88.3 Å². The molecule has 0 spiro atoms. The molecule has 9 rings (SSSR count). The summed E-state index contributed by atoms with van der Waals surface area (Å²) in [4.78, 5) is 17.7. The SMILES string of the molecule is CCCCOc1c2cscc2c(OCCCC)c2sc(-c3cccc(-c4cccc(-c5cccc(-c6cc7c(OCCCC)c8cscc8c(OCCCC)c7s6)n5)n4)n3)cc12. The third kappa shape index (κ3) is 8.52. The molecule has 0 fully saturated rings. The Labute approximate surface area is 379 Å². The van der Waals surface area contributed by atoms with Crippen molar-refractivity contribution < 1.29 is 18.9 Å². The topological polar surface area (TPSA) is 75.6 Å². The van der Waals surface area contributed by atoms with Crippen molar-refractivity contribution in [1.82, 2.24) is 15.0 Å². The number of hydrogen-bond donors (Lipinski definition) is 0. The Morgan fingerprint density at radius 2 is 0.694 bits per heavy atom. The highest BCUT2D eigenvalue weighted by atomic mass is 32.1. The molecule has 2 aromatic carbocycles. The number of nitrogens with zero attached hydrogens (tertiary/aromatic N) is 3. The normalized spacial score (nSPS) is 11.7. The first-order valence-corrected chi connectivity index (χ1v) is 25.5. The molecule has 0 atom stereocenters. The molecule has 0 aliphatic rings. The van der Waals surface area contributed by atoms with Crippen LogP contribution in [0, 0.1) is 0 Å². The first kappa shape index (κ1) is 42.2. The predicted molar refractivity (Wildman–Crippen MR) is 265 cm³/mol. The van der Waals surface area contributed by atoms with Crippen molar-refractivity contribution in [1.29, 1.82) is 0 Å². The number of benzene rings is 2. The van der Waals surface area contributed by atoms with E-state index in [0.717, 1.165) is 160 Å². The molecule has 7 heterocycles. The van der Waals surface area contributed by atoms with Gasteiger partial charge in [-0.15, -0.1) is 22.7 Å². The maximum Gasteiger partial charge on any atom is 0.146 e.